The predicted octanol–water partition coefficient (Wildman–Crippen LogP) is -0.195. The van der Waals surface area contributed by atoms with Crippen molar-refractivity contribution >= 4 is 0 Å². The molecule has 2 aliphatic rings. The summed E-state index contributed by atoms with van der Waals surface area (Å²) in [6.07, 6.45) is 0.717. The Morgan fingerprint density at radius 3 is 2.66 bits per heavy atom. The maximum atomic E-state index is 13.6. The topological polar surface area (TPSA) is 110 Å². The van der Waals surface area contributed by atoms with Crippen LogP contribution in [0, 0.1) is 6.92 Å². The zero-order valence-corrected chi connectivity index (χ0v) is 18.0. The zero-order chi connectivity index (χ0) is 22.6. The Morgan fingerprint density at radius 2 is 1.94 bits per heavy atom. The van der Waals surface area contributed by atoms with Crippen LogP contribution in [-0.4, -0.2) is 37.0 Å². The van der Waals surface area contributed by atoms with Gasteiger partial charge in [-0.2, -0.15) is 0 Å². The Labute approximate surface area is 183 Å². The molecular formula is C23H23N3O6. The molecule has 0 radical (unpaired) electrons. The maximum Gasteiger partial charge on any atom is 0.332 e. The van der Waals surface area contributed by atoms with Crippen LogP contribution in [0.4, 0.5) is 0 Å². The molecule has 0 aliphatic carbocycles. The number of aromatic amines is 1. The van der Waals surface area contributed by atoms with Gasteiger partial charge in [-0.1, -0.05) is 17.7 Å². The highest BCUT2D eigenvalue weighted by Crippen LogP contribution is 2.48. The van der Waals surface area contributed by atoms with Gasteiger partial charge in [0, 0.05) is 12.1 Å². The minimum absolute atomic E-state index is 0.0132. The van der Waals surface area contributed by atoms with E-state index >= 15 is 0 Å². The van der Waals surface area contributed by atoms with Crippen molar-refractivity contribution < 1.29 is 24.2 Å². The zero-order valence-electron chi connectivity index (χ0n) is 18.0. The normalized spacial score (nSPS) is 19.0. The summed E-state index contributed by atoms with van der Waals surface area (Å²) in [4.78, 5) is 28.9. The SMILES string of the molecule is COc1c2c(cc3c1C(c1c([O-])n(-c4ccc(C)cc4)c(=O)[nH]c1=O)[NH+](C)CC3)OCO2. The Balaban J connectivity index is 1.78. The van der Waals surface area contributed by atoms with Crippen molar-refractivity contribution in [3.05, 3.63) is 73.4 Å². The summed E-state index contributed by atoms with van der Waals surface area (Å²) in [5.41, 5.74) is 1.55. The quantitative estimate of drug-likeness (QED) is 0.588. The van der Waals surface area contributed by atoms with E-state index in [-0.39, 0.29) is 12.4 Å². The molecule has 3 heterocycles. The van der Waals surface area contributed by atoms with Gasteiger partial charge in [0.25, 0.3) is 5.56 Å². The smallest absolute Gasteiger partial charge is 0.332 e. The molecule has 0 amide bonds. The van der Waals surface area contributed by atoms with Crippen molar-refractivity contribution in [2.24, 2.45) is 0 Å². The number of aryl methyl sites for hydroxylation is 1. The standard InChI is InChI=1S/C23H23N3O6/c1-12-4-6-14(7-5-12)26-22(28)17(21(27)24-23(26)29)18-16-13(8-9-25(18)2)10-15-19(20(16)30-3)32-11-31-15/h4-7,10,18,28H,8-9,11H2,1-3H3,(H,24,27,29). The van der Waals surface area contributed by atoms with Crippen LogP contribution in [-0.2, 0) is 6.42 Å². The molecule has 2 atom stereocenters. The van der Waals surface area contributed by atoms with Gasteiger partial charge in [0.2, 0.25) is 12.5 Å². The lowest BCUT2D eigenvalue weighted by Gasteiger charge is -2.35. The largest absolute Gasteiger partial charge is 0.859 e. The second-order valence-corrected chi connectivity index (χ2v) is 8.14. The van der Waals surface area contributed by atoms with Crippen LogP contribution in [0.15, 0.2) is 39.9 Å². The van der Waals surface area contributed by atoms with Crippen LogP contribution in [0.5, 0.6) is 23.1 Å². The average Bonchev–Trinajstić information content (AvgIpc) is 3.23. The molecule has 0 saturated heterocycles. The van der Waals surface area contributed by atoms with Crippen molar-refractivity contribution in [2.45, 2.75) is 19.4 Å². The van der Waals surface area contributed by atoms with Crippen LogP contribution in [0.1, 0.15) is 28.3 Å². The van der Waals surface area contributed by atoms with Gasteiger partial charge in [0.05, 0.1) is 31.8 Å². The van der Waals surface area contributed by atoms with E-state index < -0.39 is 23.2 Å². The van der Waals surface area contributed by atoms with Crippen LogP contribution in [0.3, 0.4) is 0 Å². The Kier molecular flexibility index (Phi) is 4.70. The Hall–Kier alpha value is -3.72. The average molecular weight is 437 g/mol. The number of ether oxygens (including phenoxy) is 3. The Bertz CT molecular complexity index is 1330. The highest BCUT2D eigenvalue weighted by atomic mass is 16.7. The van der Waals surface area contributed by atoms with E-state index in [1.807, 2.05) is 32.2 Å². The van der Waals surface area contributed by atoms with Crippen molar-refractivity contribution in [1.29, 1.82) is 0 Å². The number of fused-ring (bicyclic) bond motifs is 2. The minimum Gasteiger partial charge on any atom is -0.859 e. The molecule has 3 aromatic rings. The van der Waals surface area contributed by atoms with Crippen molar-refractivity contribution in [3.8, 4) is 28.8 Å². The minimum atomic E-state index is -0.765. The first-order valence-electron chi connectivity index (χ1n) is 10.4. The third kappa shape index (κ3) is 2.96. The van der Waals surface area contributed by atoms with E-state index in [2.05, 4.69) is 4.98 Å². The number of aromatic nitrogens is 2. The predicted molar refractivity (Wildman–Crippen MR) is 113 cm³/mol. The number of quaternary nitrogens is 1. The highest BCUT2D eigenvalue weighted by Gasteiger charge is 2.39. The molecule has 9 heteroatoms. The van der Waals surface area contributed by atoms with E-state index in [4.69, 9.17) is 14.2 Å². The third-order valence-corrected chi connectivity index (χ3v) is 6.20. The van der Waals surface area contributed by atoms with Crippen molar-refractivity contribution in [3.63, 3.8) is 0 Å². The third-order valence-electron chi connectivity index (χ3n) is 6.20. The van der Waals surface area contributed by atoms with Crippen LogP contribution < -0.4 is 35.5 Å². The number of hydrogen-bond acceptors (Lipinski definition) is 6. The first-order valence-corrected chi connectivity index (χ1v) is 10.4. The fourth-order valence-corrected chi connectivity index (χ4v) is 4.63. The lowest BCUT2D eigenvalue weighted by molar-refractivity contribution is -0.908. The first kappa shape index (κ1) is 20.2. The monoisotopic (exact) mass is 437 g/mol. The molecule has 0 spiro atoms. The molecule has 2 aliphatic heterocycles. The van der Waals surface area contributed by atoms with Gasteiger partial charge >= 0.3 is 5.69 Å². The van der Waals surface area contributed by atoms with E-state index in [1.165, 1.54) is 7.11 Å². The number of likely N-dealkylation sites (N-methyl/N-ethyl adjacent to an activating group) is 1. The lowest BCUT2D eigenvalue weighted by Crippen LogP contribution is -3.10. The first-order chi connectivity index (χ1) is 15.4. The number of hydrogen-bond donors (Lipinski definition) is 2. The van der Waals surface area contributed by atoms with Gasteiger partial charge in [-0.05, 0) is 36.6 Å². The van der Waals surface area contributed by atoms with E-state index in [0.29, 0.717) is 41.5 Å². The molecule has 0 fully saturated rings. The highest BCUT2D eigenvalue weighted by molar-refractivity contribution is 5.62. The van der Waals surface area contributed by atoms with Gasteiger partial charge in [-0.15, -0.1) is 0 Å². The summed E-state index contributed by atoms with van der Waals surface area (Å²) < 4.78 is 17.9. The summed E-state index contributed by atoms with van der Waals surface area (Å²) in [5.74, 6) is 0.854. The number of benzene rings is 2. The van der Waals surface area contributed by atoms with Crippen molar-refractivity contribution in [2.75, 3.05) is 27.5 Å². The molecule has 2 aromatic carbocycles. The van der Waals surface area contributed by atoms with E-state index in [9.17, 15) is 14.7 Å². The van der Waals surface area contributed by atoms with Crippen LogP contribution in [0.25, 0.3) is 5.69 Å². The number of H-pyrrole nitrogens is 1. The van der Waals surface area contributed by atoms with Gasteiger partial charge in [-0.25, -0.2) is 4.79 Å². The fraction of sp³-hybridized carbons (Fsp3) is 0.304. The number of methoxy groups -OCH3 is 1. The molecule has 5 rings (SSSR count). The van der Waals surface area contributed by atoms with Gasteiger partial charge in [0.1, 0.15) is 6.04 Å². The van der Waals surface area contributed by atoms with E-state index in [1.54, 1.807) is 12.1 Å². The summed E-state index contributed by atoms with van der Waals surface area (Å²) in [5, 5.41) is 13.6. The van der Waals surface area contributed by atoms with E-state index in [0.717, 1.165) is 20.6 Å². The molecule has 0 bridgehead atoms. The molecule has 9 nitrogen and oxygen atoms in total. The second kappa shape index (κ2) is 7.45. The molecular weight excluding hydrogens is 414 g/mol. The number of rotatable bonds is 3. The maximum absolute atomic E-state index is 13.6. The van der Waals surface area contributed by atoms with Crippen LogP contribution >= 0.6 is 0 Å². The summed E-state index contributed by atoms with van der Waals surface area (Å²) in [7, 11) is 3.44. The van der Waals surface area contributed by atoms with Gasteiger partial charge in [0.15, 0.2) is 11.5 Å². The lowest BCUT2D eigenvalue weighted by atomic mass is 9.87. The molecule has 2 N–H and O–H groups in total. The molecule has 0 saturated carbocycles. The summed E-state index contributed by atoms with van der Waals surface area (Å²) in [6.45, 7) is 2.67. The molecule has 2 unspecified atom stereocenters. The Morgan fingerprint density at radius 1 is 1.19 bits per heavy atom. The van der Waals surface area contributed by atoms with Crippen LogP contribution in [0.2, 0.25) is 0 Å². The molecule has 32 heavy (non-hydrogen) atoms. The summed E-state index contributed by atoms with van der Waals surface area (Å²) in [6, 6.07) is 8.23. The van der Waals surface area contributed by atoms with Crippen molar-refractivity contribution in [1.82, 2.24) is 9.55 Å². The second-order valence-electron chi connectivity index (χ2n) is 8.14. The number of nitrogens with zero attached hydrogens (tertiary/aromatic N) is 1. The molecule has 1 aromatic heterocycles. The van der Waals surface area contributed by atoms with Gasteiger partial charge in [-0.3, -0.25) is 14.3 Å². The fourth-order valence-electron chi connectivity index (χ4n) is 4.63. The molecule has 166 valence electrons. The number of nitrogens with one attached hydrogen (secondary N) is 2. The van der Waals surface area contributed by atoms with Gasteiger partial charge < -0.3 is 24.2 Å². The summed E-state index contributed by atoms with van der Waals surface area (Å²) >= 11 is 0.